The molecule has 0 bridgehead atoms. The molecule has 6 nitrogen and oxygen atoms in total. The lowest BCUT2D eigenvalue weighted by molar-refractivity contribution is -0.132. The summed E-state index contributed by atoms with van der Waals surface area (Å²) in [4.78, 5) is 41.0. The molecule has 0 amide bonds. The van der Waals surface area contributed by atoms with E-state index in [4.69, 9.17) is 12.6 Å². The highest BCUT2D eigenvalue weighted by Crippen LogP contribution is 2.24. The highest BCUT2D eigenvalue weighted by molar-refractivity contribution is 6.03. The van der Waals surface area contributed by atoms with E-state index < -0.39 is 61.0 Å². The number of nitrogens with zero attached hydrogens (tertiary/aromatic N) is 2. The maximum Gasteiger partial charge on any atom is 0.264 e. The normalized spacial score (nSPS) is 26.0. The molecule has 2 atom stereocenters. The first-order valence-electron chi connectivity index (χ1n) is 9.04. The summed E-state index contributed by atoms with van der Waals surface area (Å²) in [5.74, 6) is -1.20. The van der Waals surface area contributed by atoms with Gasteiger partial charge in [-0.15, -0.1) is 0 Å². The number of carbonyl (C=O) groups is 2. The molecule has 1 saturated carbocycles. The molecule has 0 spiro atoms. The Kier molecular flexibility index (Phi) is 1.99. The summed E-state index contributed by atoms with van der Waals surface area (Å²) in [6.07, 6.45) is -1.85. The summed E-state index contributed by atoms with van der Waals surface area (Å²) < 4.78 is 39.8. The first-order chi connectivity index (χ1) is 12.2. The van der Waals surface area contributed by atoms with Gasteiger partial charge in [-0.25, -0.2) is 4.98 Å². The molecule has 0 radical (unpaired) electrons. The molecule has 1 aromatic carbocycles. The number of hydrogen-bond acceptors (Lipinski definition) is 5. The van der Waals surface area contributed by atoms with Gasteiger partial charge >= 0.3 is 0 Å². The van der Waals surface area contributed by atoms with Gasteiger partial charge in [0.2, 0.25) is 0 Å². The number of aromatic nitrogens is 2. The first kappa shape index (κ1) is 8.71. The molecule has 0 aliphatic heterocycles. The molecule has 21 heavy (non-hydrogen) atoms. The Morgan fingerprint density at radius 2 is 2.29 bits per heavy atom. The summed E-state index contributed by atoms with van der Waals surface area (Å²) in [6.45, 7) is -0.485. The molecule has 1 aromatic heterocycles. The second kappa shape index (κ2) is 4.80. The van der Waals surface area contributed by atoms with Crippen LogP contribution < -0.4 is 11.3 Å². The molecule has 1 heterocycles. The highest BCUT2D eigenvalue weighted by atomic mass is 16.2. The minimum Gasteiger partial charge on any atom is -0.398 e. The van der Waals surface area contributed by atoms with Gasteiger partial charge in [0.25, 0.3) is 5.56 Å². The van der Waals surface area contributed by atoms with Gasteiger partial charge < -0.3 is 5.73 Å². The Labute approximate surface area is 127 Å². The minimum atomic E-state index is -1.16. The molecule has 1 aliphatic carbocycles. The number of aryl methyl sites for hydroxylation is 1. The predicted molar refractivity (Wildman–Crippen MR) is 78.1 cm³/mol. The molecule has 2 aromatic rings. The molecular weight excluding hydrogens is 270 g/mol. The Morgan fingerprint density at radius 3 is 3.05 bits per heavy atom. The lowest BCUT2D eigenvalue weighted by Gasteiger charge is -2.24. The third-order valence-corrected chi connectivity index (χ3v) is 3.44. The second-order valence-electron chi connectivity index (χ2n) is 4.78. The second-order valence-corrected chi connectivity index (χ2v) is 4.78. The molecule has 2 N–H and O–H groups in total. The quantitative estimate of drug-likeness (QED) is 0.628. The smallest absolute Gasteiger partial charge is 0.264 e. The van der Waals surface area contributed by atoms with E-state index in [2.05, 4.69) is 4.98 Å². The molecule has 1 aliphatic rings. The van der Waals surface area contributed by atoms with Crippen LogP contribution in [0.3, 0.4) is 0 Å². The van der Waals surface area contributed by atoms with E-state index in [1.165, 1.54) is 0 Å². The van der Waals surface area contributed by atoms with Crippen LogP contribution in [0.25, 0.3) is 10.9 Å². The van der Waals surface area contributed by atoms with Crippen LogP contribution in [-0.4, -0.2) is 21.1 Å². The molecule has 2 unspecified atom stereocenters. The van der Waals surface area contributed by atoms with Crippen molar-refractivity contribution >= 4 is 28.2 Å². The number of carbonyl (C=O) groups excluding carboxylic acids is 2. The van der Waals surface area contributed by atoms with Gasteiger partial charge in [-0.2, -0.15) is 0 Å². The van der Waals surface area contributed by atoms with Crippen molar-refractivity contribution in [3.05, 3.63) is 34.3 Å². The first-order valence-corrected chi connectivity index (χ1v) is 6.26. The van der Waals surface area contributed by atoms with Crippen molar-refractivity contribution in [3.8, 4) is 0 Å². The lowest BCUT2D eigenvalue weighted by Crippen LogP contribution is -2.36. The van der Waals surface area contributed by atoms with E-state index in [1.807, 2.05) is 0 Å². The van der Waals surface area contributed by atoms with Crippen LogP contribution in [0.1, 0.15) is 38.0 Å². The standard InChI is InChI=1S/C15H15N3O3/c1-8-17-11-4-2-3-10(16)14(11)15(21)18(8)12-6-5-9(19)7-13(12)20/h2-4,12H,5-7,16H2,1H3/i1D,2D,3D,4D,5D. The molecule has 3 rings (SSSR count). The Bertz CT molecular complexity index is 1020. The minimum absolute atomic E-state index is 0.118. The predicted octanol–water partition coefficient (Wildman–Crippen LogP) is 1.15. The molecular formula is C15H15N3O3. The van der Waals surface area contributed by atoms with Gasteiger partial charge in [-0.1, -0.05) is 6.04 Å². The van der Waals surface area contributed by atoms with Crippen LogP contribution in [0.4, 0.5) is 5.69 Å². The van der Waals surface area contributed by atoms with E-state index in [-0.39, 0.29) is 28.8 Å². The number of Topliss-reactive ketones (excluding diaryl/α,β-unsaturated/α-hetero) is 2. The van der Waals surface area contributed by atoms with Crippen LogP contribution in [0.5, 0.6) is 0 Å². The summed E-state index contributed by atoms with van der Waals surface area (Å²) in [6, 6.07) is -2.56. The number of benzene rings is 1. The zero-order chi connectivity index (χ0) is 19.3. The average Bonchev–Trinajstić information content (AvgIpc) is 2.60. The molecule has 6 heteroatoms. The fourth-order valence-corrected chi connectivity index (χ4v) is 2.44. The molecule has 108 valence electrons. The van der Waals surface area contributed by atoms with Crippen LogP contribution in [0.15, 0.2) is 22.9 Å². The third kappa shape index (κ3) is 2.12. The van der Waals surface area contributed by atoms with Crippen molar-refractivity contribution in [2.45, 2.75) is 32.2 Å². The van der Waals surface area contributed by atoms with Crippen molar-refractivity contribution in [1.29, 1.82) is 0 Å². The monoisotopic (exact) mass is 290 g/mol. The number of nitrogens with two attached hydrogens (primary N) is 1. The van der Waals surface area contributed by atoms with Gasteiger partial charge in [0.1, 0.15) is 11.6 Å². The Balaban J connectivity index is 2.37. The van der Waals surface area contributed by atoms with E-state index in [9.17, 15) is 14.4 Å². The van der Waals surface area contributed by atoms with Gasteiger partial charge in [0, 0.05) is 14.8 Å². The lowest BCUT2D eigenvalue weighted by atomic mass is 9.92. The van der Waals surface area contributed by atoms with E-state index in [1.54, 1.807) is 0 Å². The van der Waals surface area contributed by atoms with E-state index in [0.717, 1.165) is 4.57 Å². The highest BCUT2D eigenvalue weighted by Gasteiger charge is 2.30. The molecule has 1 fully saturated rings. The number of fused-ring (bicyclic) bond motifs is 1. The summed E-state index contributed by atoms with van der Waals surface area (Å²) in [7, 11) is 0. The van der Waals surface area contributed by atoms with Gasteiger partial charge in [0.05, 0.1) is 27.5 Å². The summed E-state index contributed by atoms with van der Waals surface area (Å²) in [5.41, 5.74) is 4.46. The summed E-state index contributed by atoms with van der Waals surface area (Å²) in [5, 5.41) is -0.264. The maximum absolute atomic E-state index is 13.0. The van der Waals surface area contributed by atoms with Crippen molar-refractivity contribution in [2.24, 2.45) is 0 Å². The van der Waals surface area contributed by atoms with Gasteiger partial charge in [-0.3, -0.25) is 19.0 Å². The Hall–Kier alpha value is -2.50. The van der Waals surface area contributed by atoms with Crippen LogP contribution >= 0.6 is 0 Å². The number of hydrogen-bond donors (Lipinski definition) is 1. The van der Waals surface area contributed by atoms with Crippen molar-refractivity contribution in [1.82, 2.24) is 9.55 Å². The average molecular weight is 290 g/mol. The fourth-order valence-electron chi connectivity index (χ4n) is 2.44. The zero-order valence-corrected chi connectivity index (χ0v) is 11.0. The molecule has 0 saturated heterocycles. The van der Waals surface area contributed by atoms with Crippen molar-refractivity contribution in [3.63, 3.8) is 0 Å². The fraction of sp³-hybridized carbons (Fsp3) is 0.333. The van der Waals surface area contributed by atoms with Gasteiger partial charge in [-0.05, 0) is 25.4 Å². The number of nitrogen functional groups attached to an aromatic ring is 1. The topological polar surface area (TPSA) is 95.0 Å². The number of rotatable bonds is 1. The number of anilines is 1. The van der Waals surface area contributed by atoms with Crippen LogP contribution in [0, 0.1) is 6.90 Å². The number of ketones is 2. The largest absolute Gasteiger partial charge is 0.398 e. The third-order valence-electron chi connectivity index (χ3n) is 3.44. The maximum atomic E-state index is 13.0. The zero-order valence-electron chi connectivity index (χ0n) is 16.0. The van der Waals surface area contributed by atoms with E-state index in [0.29, 0.717) is 0 Å². The Morgan fingerprint density at radius 1 is 1.48 bits per heavy atom. The summed E-state index contributed by atoms with van der Waals surface area (Å²) >= 11 is 0. The van der Waals surface area contributed by atoms with Crippen molar-refractivity contribution < 1.29 is 16.4 Å². The van der Waals surface area contributed by atoms with Crippen molar-refractivity contribution in [2.75, 3.05) is 5.73 Å². The van der Waals surface area contributed by atoms with Crippen LogP contribution in [-0.2, 0) is 9.59 Å². The van der Waals surface area contributed by atoms with E-state index >= 15 is 0 Å². The van der Waals surface area contributed by atoms with Gasteiger partial charge in [0.15, 0.2) is 5.78 Å². The SMILES string of the molecule is [2H]Cc1nc2c([2H])c([2H])c([2H])c(N)c2c(=O)n1C1CC([2H])C(=O)CC1=O. The van der Waals surface area contributed by atoms with Crippen LogP contribution in [0.2, 0.25) is 0 Å².